The second-order valence-electron chi connectivity index (χ2n) is 4.73. The van der Waals surface area contributed by atoms with E-state index in [2.05, 4.69) is 0 Å². The monoisotopic (exact) mass is 327 g/mol. The van der Waals surface area contributed by atoms with Crippen molar-refractivity contribution in [1.29, 1.82) is 0 Å². The fourth-order valence-electron chi connectivity index (χ4n) is 1.95. The molecule has 3 N–H and O–H groups in total. The van der Waals surface area contributed by atoms with E-state index in [9.17, 15) is 4.79 Å². The second-order valence-corrected chi connectivity index (χ2v) is 4.73. The number of carbonyl (C=O) groups is 1. The predicted molar refractivity (Wildman–Crippen MR) is 81.3 cm³/mol. The molecule has 1 heterocycles. The number of nitrogen functional groups attached to an aromatic ring is 1. The Labute approximate surface area is 134 Å². The van der Waals surface area contributed by atoms with Crippen molar-refractivity contribution in [2.75, 3.05) is 58.6 Å². The van der Waals surface area contributed by atoms with Crippen LogP contribution in [0.5, 0.6) is 11.5 Å². The first-order valence-electron chi connectivity index (χ1n) is 7.34. The van der Waals surface area contributed by atoms with Crippen LogP contribution in [0, 0.1) is 0 Å². The van der Waals surface area contributed by atoms with Crippen LogP contribution in [0.3, 0.4) is 0 Å². The SMILES string of the molecule is Nc1cc2c(cc1C(=O)O)OCCOCCOCCOCCO2. The Balaban J connectivity index is 2.10. The van der Waals surface area contributed by atoms with Crippen LogP contribution in [-0.4, -0.2) is 63.9 Å². The topological polar surface area (TPSA) is 109 Å². The third-order valence-corrected chi connectivity index (χ3v) is 3.06. The van der Waals surface area contributed by atoms with Crippen LogP contribution in [0.25, 0.3) is 0 Å². The molecule has 0 saturated heterocycles. The number of hydrogen-bond donors (Lipinski definition) is 2. The van der Waals surface area contributed by atoms with Gasteiger partial charge in [-0.2, -0.15) is 0 Å². The number of anilines is 1. The number of carboxylic acid groups (broad SMARTS) is 1. The maximum absolute atomic E-state index is 11.2. The first kappa shape index (κ1) is 17.3. The van der Waals surface area contributed by atoms with Crippen LogP contribution in [0.2, 0.25) is 0 Å². The molecule has 128 valence electrons. The summed E-state index contributed by atoms with van der Waals surface area (Å²) in [6, 6.07) is 2.80. The van der Waals surface area contributed by atoms with Crippen molar-refractivity contribution in [3.8, 4) is 11.5 Å². The van der Waals surface area contributed by atoms with E-state index in [1.165, 1.54) is 12.1 Å². The summed E-state index contributed by atoms with van der Waals surface area (Å²) in [6.45, 7) is 3.17. The number of fused-ring (bicyclic) bond motifs is 1. The molecular formula is C15H21NO7. The van der Waals surface area contributed by atoms with Crippen LogP contribution in [-0.2, 0) is 14.2 Å². The van der Waals surface area contributed by atoms with Gasteiger partial charge in [0.15, 0.2) is 11.5 Å². The molecule has 0 fully saturated rings. The number of hydrogen-bond acceptors (Lipinski definition) is 7. The van der Waals surface area contributed by atoms with Crippen LogP contribution < -0.4 is 15.2 Å². The Bertz CT molecular complexity index is 521. The zero-order valence-electron chi connectivity index (χ0n) is 12.8. The molecule has 0 unspecified atom stereocenters. The van der Waals surface area contributed by atoms with Crippen molar-refractivity contribution in [3.63, 3.8) is 0 Å². The minimum absolute atomic E-state index is 0.0316. The normalized spacial score (nSPS) is 17.7. The molecule has 0 aliphatic carbocycles. The fourth-order valence-corrected chi connectivity index (χ4v) is 1.95. The van der Waals surface area contributed by atoms with Gasteiger partial charge in [-0.05, 0) is 0 Å². The zero-order chi connectivity index (χ0) is 16.5. The smallest absolute Gasteiger partial charge is 0.337 e. The highest BCUT2D eigenvalue weighted by Crippen LogP contribution is 2.32. The highest BCUT2D eigenvalue weighted by molar-refractivity contribution is 5.94. The molecule has 0 saturated carbocycles. The van der Waals surface area contributed by atoms with Gasteiger partial charge in [-0.3, -0.25) is 0 Å². The maximum atomic E-state index is 11.2. The number of ether oxygens (including phenoxy) is 5. The Kier molecular flexibility index (Phi) is 6.92. The molecule has 0 radical (unpaired) electrons. The minimum atomic E-state index is -1.12. The van der Waals surface area contributed by atoms with E-state index in [0.717, 1.165) is 0 Å². The molecule has 1 aromatic rings. The lowest BCUT2D eigenvalue weighted by molar-refractivity contribution is 0.00708. The lowest BCUT2D eigenvalue weighted by Gasteiger charge is -2.15. The van der Waals surface area contributed by atoms with Crippen molar-refractivity contribution in [2.24, 2.45) is 0 Å². The van der Waals surface area contributed by atoms with E-state index in [1.54, 1.807) is 0 Å². The average Bonchev–Trinajstić information content (AvgIpc) is 2.53. The molecule has 0 bridgehead atoms. The van der Waals surface area contributed by atoms with E-state index in [-0.39, 0.29) is 17.9 Å². The third kappa shape index (κ3) is 5.59. The average molecular weight is 327 g/mol. The highest BCUT2D eigenvalue weighted by Gasteiger charge is 2.15. The van der Waals surface area contributed by atoms with Crippen LogP contribution >= 0.6 is 0 Å². The van der Waals surface area contributed by atoms with Gasteiger partial charge in [-0.15, -0.1) is 0 Å². The van der Waals surface area contributed by atoms with E-state index < -0.39 is 5.97 Å². The molecule has 23 heavy (non-hydrogen) atoms. The molecule has 2 rings (SSSR count). The van der Waals surface area contributed by atoms with E-state index in [4.69, 9.17) is 34.5 Å². The molecule has 8 nitrogen and oxygen atoms in total. The first-order chi connectivity index (χ1) is 11.2. The quantitative estimate of drug-likeness (QED) is 0.729. The van der Waals surface area contributed by atoms with Crippen molar-refractivity contribution in [1.82, 2.24) is 0 Å². The van der Waals surface area contributed by atoms with E-state index >= 15 is 0 Å². The van der Waals surface area contributed by atoms with Gasteiger partial charge in [0.25, 0.3) is 0 Å². The summed E-state index contributed by atoms with van der Waals surface area (Å²) in [4.78, 5) is 11.2. The van der Waals surface area contributed by atoms with Crippen molar-refractivity contribution >= 4 is 11.7 Å². The number of aromatic carboxylic acids is 1. The largest absolute Gasteiger partial charge is 0.487 e. The lowest BCUT2D eigenvalue weighted by atomic mass is 10.1. The van der Waals surface area contributed by atoms with Gasteiger partial charge in [0.05, 0.1) is 50.9 Å². The molecule has 0 amide bonds. The zero-order valence-corrected chi connectivity index (χ0v) is 12.8. The summed E-state index contributed by atoms with van der Waals surface area (Å²) in [5.41, 5.74) is 5.82. The number of rotatable bonds is 1. The minimum Gasteiger partial charge on any atom is -0.487 e. The van der Waals surface area contributed by atoms with Crippen LogP contribution in [0.1, 0.15) is 10.4 Å². The number of nitrogens with two attached hydrogens (primary N) is 1. The van der Waals surface area contributed by atoms with Crippen molar-refractivity contribution in [3.05, 3.63) is 17.7 Å². The standard InChI is InChI=1S/C15H21NO7/c16-12-10-14-13(9-11(12)15(17)18)22-7-5-20-3-1-19-2-4-21-6-8-23-14/h9-10H,1-8,16H2,(H,17,18). The van der Waals surface area contributed by atoms with Crippen LogP contribution in [0.4, 0.5) is 5.69 Å². The molecule has 0 atom stereocenters. The van der Waals surface area contributed by atoms with Crippen molar-refractivity contribution in [2.45, 2.75) is 0 Å². The van der Waals surface area contributed by atoms with Gasteiger partial charge < -0.3 is 34.5 Å². The van der Waals surface area contributed by atoms with Gasteiger partial charge in [0.1, 0.15) is 13.2 Å². The molecule has 0 spiro atoms. The van der Waals surface area contributed by atoms with E-state index in [1.807, 2.05) is 0 Å². The van der Waals surface area contributed by atoms with Gasteiger partial charge >= 0.3 is 5.97 Å². The molecule has 8 heteroatoms. The summed E-state index contributed by atoms with van der Waals surface area (Å²) in [5, 5.41) is 9.14. The van der Waals surface area contributed by atoms with Gasteiger partial charge in [-0.25, -0.2) is 4.79 Å². The Morgan fingerprint density at radius 1 is 0.826 bits per heavy atom. The molecule has 0 aromatic heterocycles. The lowest BCUT2D eigenvalue weighted by Crippen LogP contribution is -2.13. The summed E-state index contributed by atoms with van der Waals surface area (Å²) in [6.07, 6.45) is 0. The predicted octanol–water partition coefficient (Wildman–Crippen LogP) is 0.788. The molecular weight excluding hydrogens is 306 g/mol. The Morgan fingerprint density at radius 3 is 1.74 bits per heavy atom. The molecule has 1 aliphatic rings. The van der Waals surface area contributed by atoms with Gasteiger partial charge in [0.2, 0.25) is 0 Å². The third-order valence-electron chi connectivity index (χ3n) is 3.06. The number of benzene rings is 1. The maximum Gasteiger partial charge on any atom is 0.337 e. The fraction of sp³-hybridized carbons (Fsp3) is 0.533. The highest BCUT2D eigenvalue weighted by atomic mass is 16.6. The van der Waals surface area contributed by atoms with Gasteiger partial charge in [0, 0.05) is 12.1 Å². The van der Waals surface area contributed by atoms with E-state index in [0.29, 0.717) is 57.7 Å². The van der Waals surface area contributed by atoms with Gasteiger partial charge in [-0.1, -0.05) is 0 Å². The van der Waals surface area contributed by atoms with Crippen molar-refractivity contribution < 1.29 is 33.6 Å². The number of carboxylic acids is 1. The Morgan fingerprint density at radius 2 is 1.26 bits per heavy atom. The van der Waals surface area contributed by atoms with Crippen LogP contribution in [0.15, 0.2) is 12.1 Å². The summed E-state index contributed by atoms with van der Waals surface area (Å²) in [7, 11) is 0. The Hall–Kier alpha value is -2.03. The second kappa shape index (κ2) is 9.19. The summed E-state index contributed by atoms with van der Waals surface area (Å²) in [5.74, 6) is -0.435. The molecule has 1 aromatic carbocycles. The summed E-state index contributed by atoms with van der Waals surface area (Å²) >= 11 is 0. The first-order valence-corrected chi connectivity index (χ1v) is 7.34. The molecule has 1 aliphatic heterocycles. The summed E-state index contributed by atoms with van der Waals surface area (Å²) < 4.78 is 27.2.